The normalized spacial score (nSPS) is 13.9. The van der Waals surface area contributed by atoms with Crippen LogP contribution < -0.4 is 0 Å². The minimum atomic E-state index is -0.336. The molecule has 1 radical (unpaired) electrons. The number of hydrogen-bond acceptors (Lipinski definition) is 4. The monoisotopic (exact) mass is 330 g/mol. The molecule has 0 bridgehead atoms. The first-order valence-electron chi connectivity index (χ1n) is 7.55. The Hall–Kier alpha value is -1.69. The van der Waals surface area contributed by atoms with Gasteiger partial charge in [-0.15, -0.1) is 11.3 Å². The maximum atomic E-state index is 12.3. The number of benzene rings is 1. The summed E-state index contributed by atoms with van der Waals surface area (Å²) < 4.78 is 10.6. The Morgan fingerprint density at radius 3 is 2.74 bits per heavy atom. The van der Waals surface area contributed by atoms with Gasteiger partial charge in [-0.2, -0.15) is 0 Å². The minimum absolute atomic E-state index is 0.112. The topological polar surface area (TPSA) is 38.8 Å². The zero-order valence-corrected chi connectivity index (χ0v) is 14.2. The van der Waals surface area contributed by atoms with Crippen molar-refractivity contribution in [2.24, 2.45) is 0 Å². The average Bonchev–Trinajstić information content (AvgIpc) is 3.15. The zero-order valence-electron chi connectivity index (χ0n) is 13.4. The van der Waals surface area contributed by atoms with Gasteiger partial charge in [0, 0.05) is 37.7 Å². The van der Waals surface area contributed by atoms with Crippen LogP contribution in [0.25, 0.3) is 10.4 Å². The van der Waals surface area contributed by atoms with Crippen molar-refractivity contribution in [1.29, 1.82) is 0 Å². The van der Waals surface area contributed by atoms with E-state index in [1.54, 1.807) is 25.6 Å². The van der Waals surface area contributed by atoms with Gasteiger partial charge in [-0.05, 0) is 41.8 Å². The van der Waals surface area contributed by atoms with E-state index < -0.39 is 0 Å². The highest BCUT2D eigenvalue weighted by molar-refractivity contribution is 7.15. The lowest BCUT2D eigenvalue weighted by molar-refractivity contribution is -0.103. The Kier molecular flexibility index (Phi) is 4.80. The molecule has 121 valence electrons. The number of nitrogens with zero attached hydrogens (tertiary/aromatic N) is 1. The maximum absolute atomic E-state index is 12.3. The molecule has 1 aromatic carbocycles. The van der Waals surface area contributed by atoms with Gasteiger partial charge in [-0.3, -0.25) is 4.79 Å². The molecule has 0 atom stereocenters. The number of ether oxygens (including phenoxy) is 2. The summed E-state index contributed by atoms with van der Waals surface area (Å²) in [5, 5.41) is 0. The van der Waals surface area contributed by atoms with Gasteiger partial charge in [0.2, 0.25) is 0 Å². The molecule has 1 amide bonds. The van der Waals surface area contributed by atoms with Crippen molar-refractivity contribution in [1.82, 2.24) is 4.90 Å². The van der Waals surface area contributed by atoms with E-state index in [4.69, 9.17) is 9.47 Å². The zero-order chi connectivity index (χ0) is 16.4. The second-order valence-electron chi connectivity index (χ2n) is 5.46. The number of amides is 1. The van der Waals surface area contributed by atoms with Crippen LogP contribution in [0.1, 0.15) is 33.5 Å². The molecule has 0 N–H and O–H groups in total. The highest BCUT2D eigenvalue weighted by atomic mass is 32.1. The third kappa shape index (κ3) is 3.04. The van der Waals surface area contributed by atoms with Gasteiger partial charge in [-0.1, -0.05) is 13.0 Å². The van der Waals surface area contributed by atoms with Gasteiger partial charge >= 0.3 is 0 Å². The van der Waals surface area contributed by atoms with Gasteiger partial charge < -0.3 is 14.4 Å². The fraction of sp³-hybridized carbons (Fsp3) is 0.333. The molecule has 1 aliphatic rings. The van der Waals surface area contributed by atoms with E-state index in [1.807, 2.05) is 23.1 Å². The van der Waals surface area contributed by atoms with E-state index >= 15 is 0 Å². The third-order valence-electron chi connectivity index (χ3n) is 3.98. The summed E-state index contributed by atoms with van der Waals surface area (Å²) in [6.07, 6.45) is 0.397. The number of methoxy groups -OCH3 is 2. The highest BCUT2D eigenvalue weighted by Gasteiger charge is 2.26. The summed E-state index contributed by atoms with van der Waals surface area (Å²) in [6, 6.07) is 10.1. The van der Waals surface area contributed by atoms with Crippen molar-refractivity contribution in [2.45, 2.75) is 19.3 Å². The van der Waals surface area contributed by atoms with Crippen molar-refractivity contribution in [3.8, 4) is 10.4 Å². The van der Waals surface area contributed by atoms with Gasteiger partial charge in [0.15, 0.2) is 6.29 Å². The molecule has 2 heterocycles. The van der Waals surface area contributed by atoms with Crippen LogP contribution in [-0.2, 0) is 16.0 Å². The predicted octanol–water partition coefficient (Wildman–Crippen LogP) is 3.89. The Labute approximate surface area is 140 Å². The van der Waals surface area contributed by atoms with Crippen LogP contribution >= 0.6 is 11.3 Å². The summed E-state index contributed by atoms with van der Waals surface area (Å²) in [5.74, 6) is 0.112. The third-order valence-corrected chi connectivity index (χ3v) is 5.14. The first-order valence-corrected chi connectivity index (χ1v) is 8.36. The van der Waals surface area contributed by atoms with E-state index in [0.717, 1.165) is 32.9 Å². The fourth-order valence-corrected chi connectivity index (χ4v) is 3.93. The first kappa shape index (κ1) is 16.2. The molecule has 3 rings (SSSR count). The quantitative estimate of drug-likeness (QED) is 0.754. The second-order valence-corrected chi connectivity index (χ2v) is 6.57. The van der Waals surface area contributed by atoms with Crippen LogP contribution in [0.2, 0.25) is 0 Å². The molecule has 2 aromatic rings. The van der Waals surface area contributed by atoms with Crippen molar-refractivity contribution in [3.05, 3.63) is 53.3 Å². The van der Waals surface area contributed by atoms with Gasteiger partial charge in [0.1, 0.15) is 0 Å². The molecule has 0 aliphatic carbocycles. The smallest absolute Gasteiger partial charge is 0.254 e. The molecule has 23 heavy (non-hydrogen) atoms. The van der Waals surface area contributed by atoms with E-state index in [0.29, 0.717) is 13.1 Å². The first-order chi connectivity index (χ1) is 11.2. The van der Waals surface area contributed by atoms with Crippen LogP contribution in [0.15, 0.2) is 30.3 Å². The average molecular weight is 330 g/mol. The standard InChI is InChI=1S/C18H20NO3S/c1-4-9-19-11-13-10-12(5-6-14(13)17(19)20)15-7-8-16(23-15)18(21-2)22-3/h5-8,10,18H,1,4,9,11H2,2-3H3. The van der Waals surface area contributed by atoms with Crippen LogP contribution in [-0.4, -0.2) is 31.6 Å². The van der Waals surface area contributed by atoms with E-state index in [-0.39, 0.29) is 12.2 Å². The van der Waals surface area contributed by atoms with Crippen LogP contribution in [0.5, 0.6) is 0 Å². The molecule has 0 unspecified atom stereocenters. The Morgan fingerprint density at radius 1 is 1.26 bits per heavy atom. The van der Waals surface area contributed by atoms with Crippen molar-refractivity contribution in [3.63, 3.8) is 0 Å². The van der Waals surface area contributed by atoms with Crippen LogP contribution in [0, 0.1) is 6.92 Å². The fourth-order valence-electron chi connectivity index (χ4n) is 2.87. The SMILES string of the molecule is [CH2]CCN1Cc2cc(-c3ccc(C(OC)OC)s3)ccc2C1=O. The lowest BCUT2D eigenvalue weighted by atomic mass is 10.1. The molecule has 5 heteroatoms. The minimum Gasteiger partial charge on any atom is -0.351 e. The number of fused-ring (bicyclic) bond motifs is 1. The van der Waals surface area contributed by atoms with E-state index in [2.05, 4.69) is 19.1 Å². The molecule has 0 spiro atoms. The number of carbonyl (C=O) groups excluding carboxylic acids is 1. The van der Waals surface area contributed by atoms with Crippen molar-refractivity contribution < 1.29 is 14.3 Å². The largest absolute Gasteiger partial charge is 0.351 e. The lowest BCUT2D eigenvalue weighted by Gasteiger charge is -2.13. The maximum Gasteiger partial charge on any atom is 0.254 e. The lowest BCUT2D eigenvalue weighted by Crippen LogP contribution is -2.24. The molecule has 0 fully saturated rings. The van der Waals surface area contributed by atoms with E-state index in [1.165, 1.54) is 0 Å². The van der Waals surface area contributed by atoms with Crippen LogP contribution in [0.3, 0.4) is 0 Å². The molecular weight excluding hydrogens is 310 g/mol. The number of carbonyl (C=O) groups is 1. The molecule has 1 aliphatic heterocycles. The Balaban J connectivity index is 1.87. The molecule has 0 saturated carbocycles. The van der Waals surface area contributed by atoms with Crippen molar-refractivity contribution in [2.75, 3.05) is 20.8 Å². The summed E-state index contributed by atoms with van der Waals surface area (Å²) in [4.78, 5) is 16.3. The summed E-state index contributed by atoms with van der Waals surface area (Å²) in [5.41, 5.74) is 3.02. The summed E-state index contributed by atoms with van der Waals surface area (Å²) in [6.45, 7) is 5.21. The highest BCUT2D eigenvalue weighted by Crippen LogP contribution is 2.35. The molecular formula is C18H20NO3S. The predicted molar refractivity (Wildman–Crippen MR) is 91.2 cm³/mol. The number of thiophene rings is 1. The van der Waals surface area contributed by atoms with Gasteiger partial charge in [0.05, 0.1) is 4.88 Å². The summed E-state index contributed by atoms with van der Waals surface area (Å²) >= 11 is 1.64. The second kappa shape index (κ2) is 6.83. The van der Waals surface area contributed by atoms with Crippen LogP contribution in [0.4, 0.5) is 0 Å². The number of hydrogen-bond donors (Lipinski definition) is 0. The van der Waals surface area contributed by atoms with Crippen molar-refractivity contribution >= 4 is 17.2 Å². The Bertz CT molecular complexity index is 706. The van der Waals surface area contributed by atoms with Gasteiger partial charge in [0.25, 0.3) is 5.91 Å². The molecule has 1 aromatic heterocycles. The Morgan fingerprint density at radius 2 is 2.04 bits per heavy atom. The van der Waals surface area contributed by atoms with E-state index in [9.17, 15) is 4.79 Å². The molecule has 4 nitrogen and oxygen atoms in total. The number of rotatable bonds is 6. The summed E-state index contributed by atoms with van der Waals surface area (Å²) in [7, 11) is 3.26. The molecule has 0 saturated heterocycles. The van der Waals surface area contributed by atoms with Gasteiger partial charge in [-0.25, -0.2) is 0 Å².